The summed E-state index contributed by atoms with van der Waals surface area (Å²) in [6, 6.07) is 8.39. The summed E-state index contributed by atoms with van der Waals surface area (Å²) in [6.45, 7) is 5.55. The van der Waals surface area contributed by atoms with Gasteiger partial charge in [0.25, 0.3) is 0 Å². The minimum atomic E-state index is 0.599. The highest BCUT2D eigenvalue weighted by molar-refractivity contribution is 7.16. The van der Waals surface area contributed by atoms with Gasteiger partial charge in [0.1, 0.15) is 29.3 Å². The number of hydrogen-bond acceptors (Lipinski definition) is 5. The van der Waals surface area contributed by atoms with Gasteiger partial charge in [0.15, 0.2) is 0 Å². The number of nitrogens with zero attached hydrogens (tertiary/aromatic N) is 2. The van der Waals surface area contributed by atoms with Crippen molar-refractivity contribution in [2.45, 2.75) is 20.3 Å². The molecule has 0 spiro atoms. The highest BCUT2D eigenvalue weighted by Gasteiger charge is 2.04. The van der Waals surface area contributed by atoms with E-state index in [4.69, 9.17) is 4.74 Å². The van der Waals surface area contributed by atoms with Crippen molar-refractivity contribution in [1.29, 1.82) is 0 Å². The van der Waals surface area contributed by atoms with Gasteiger partial charge in [0, 0.05) is 0 Å². The van der Waals surface area contributed by atoms with Gasteiger partial charge in [-0.15, -0.1) is 11.3 Å². The van der Waals surface area contributed by atoms with Crippen molar-refractivity contribution in [2.75, 3.05) is 18.5 Å². The normalized spacial score (nSPS) is 10.8. The first-order valence-corrected chi connectivity index (χ1v) is 8.30. The van der Waals surface area contributed by atoms with Gasteiger partial charge in [-0.2, -0.15) is 0 Å². The Hall–Kier alpha value is -2.14. The summed E-state index contributed by atoms with van der Waals surface area (Å²) in [5, 5.41) is 6.41. The summed E-state index contributed by atoms with van der Waals surface area (Å²) in [6.07, 6.45) is 2.64. The first kappa shape index (κ1) is 14.8. The molecule has 1 N–H and O–H groups in total. The van der Waals surface area contributed by atoms with Crippen LogP contribution in [0.4, 0.5) is 5.82 Å². The van der Waals surface area contributed by atoms with Crippen molar-refractivity contribution in [3.05, 3.63) is 47.1 Å². The number of rotatable bonds is 6. The second-order valence-electron chi connectivity index (χ2n) is 5.09. The molecule has 2 heterocycles. The molecule has 0 saturated carbocycles. The number of aryl methyl sites for hydroxylation is 2. The maximum absolute atomic E-state index is 5.85. The molecule has 0 aliphatic rings. The van der Waals surface area contributed by atoms with Crippen LogP contribution >= 0.6 is 11.3 Å². The Labute approximate surface area is 134 Å². The van der Waals surface area contributed by atoms with E-state index in [2.05, 4.69) is 47.3 Å². The monoisotopic (exact) mass is 313 g/mol. The third kappa shape index (κ3) is 3.20. The van der Waals surface area contributed by atoms with E-state index in [0.29, 0.717) is 13.2 Å². The summed E-state index contributed by atoms with van der Waals surface area (Å²) in [5.41, 5.74) is 2.52. The Bertz CT molecular complexity index is 769. The number of ether oxygens (including phenoxy) is 1. The molecule has 5 heteroatoms. The lowest BCUT2D eigenvalue weighted by Crippen LogP contribution is -2.13. The predicted molar refractivity (Wildman–Crippen MR) is 92.0 cm³/mol. The Kier molecular flexibility index (Phi) is 4.53. The molecule has 1 aromatic carbocycles. The lowest BCUT2D eigenvalue weighted by Gasteiger charge is -2.11. The molecular formula is C17H19N3OS. The summed E-state index contributed by atoms with van der Waals surface area (Å²) >= 11 is 1.62. The highest BCUT2D eigenvalue weighted by Crippen LogP contribution is 2.23. The average Bonchev–Trinajstić information content (AvgIpc) is 3.02. The molecule has 3 aromatic rings. The first-order chi connectivity index (χ1) is 10.8. The SMILES string of the molecule is CCc1ccc(OCCNc2ncnc3sccc23)c(C)c1. The minimum Gasteiger partial charge on any atom is -0.491 e. The van der Waals surface area contributed by atoms with Crippen LogP contribution < -0.4 is 10.1 Å². The number of benzene rings is 1. The molecule has 0 radical (unpaired) electrons. The topological polar surface area (TPSA) is 47.0 Å². The van der Waals surface area contributed by atoms with Crippen molar-refractivity contribution < 1.29 is 4.74 Å². The van der Waals surface area contributed by atoms with E-state index in [0.717, 1.165) is 28.2 Å². The number of hydrogen-bond donors (Lipinski definition) is 1. The highest BCUT2D eigenvalue weighted by atomic mass is 32.1. The molecule has 0 fully saturated rings. The maximum Gasteiger partial charge on any atom is 0.138 e. The molecule has 0 amide bonds. The molecule has 22 heavy (non-hydrogen) atoms. The fourth-order valence-electron chi connectivity index (χ4n) is 2.35. The Morgan fingerprint density at radius 2 is 2.14 bits per heavy atom. The van der Waals surface area contributed by atoms with Gasteiger partial charge >= 0.3 is 0 Å². The lowest BCUT2D eigenvalue weighted by molar-refractivity contribution is 0.330. The Morgan fingerprint density at radius 1 is 1.23 bits per heavy atom. The van der Waals surface area contributed by atoms with E-state index < -0.39 is 0 Å². The second-order valence-corrected chi connectivity index (χ2v) is 5.98. The molecule has 0 saturated heterocycles. The van der Waals surface area contributed by atoms with Crippen LogP contribution in [0.25, 0.3) is 10.2 Å². The van der Waals surface area contributed by atoms with Crippen LogP contribution in [-0.4, -0.2) is 23.1 Å². The molecule has 0 unspecified atom stereocenters. The van der Waals surface area contributed by atoms with Gasteiger partial charge in [0.2, 0.25) is 0 Å². The molecule has 114 valence electrons. The fraction of sp³-hybridized carbons (Fsp3) is 0.294. The molecule has 2 aromatic heterocycles. The van der Waals surface area contributed by atoms with Crippen LogP contribution in [0.3, 0.4) is 0 Å². The Morgan fingerprint density at radius 3 is 2.95 bits per heavy atom. The largest absolute Gasteiger partial charge is 0.491 e. The summed E-state index contributed by atoms with van der Waals surface area (Å²) in [7, 11) is 0. The standard InChI is InChI=1S/C17H19N3OS/c1-3-13-4-5-15(12(2)10-13)21-8-7-18-16-14-6-9-22-17(14)20-11-19-16/h4-6,9-11H,3,7-8H2,1-2H3,(H,18,19,20). The molecular weight excluding hydrogens is 294 g/mol. The van der Waals surface area contributed by atoms with E-state index in [-0.39, 0.29) is 0 Å². The van der Waals surface area contributed by atoms with Crippen LogP contribution in [0, 0.1) is 6.92 Å². The molecule has 0 aliphatic heterocycles. The van der Waals surface area contributed by atoms with Crippen LogP contribution in [0.5, 0.6) is 5.75 Å². The van der Waals surface area contributed by atoms with Crippen molar-refractivity contribution in [2.24, 2.45) is 0 Å². The van der Waals surface area contributed by atoms with Crippen LogP contribution in [-0.2, 0) is 6.42 Å². The van der Waals surface area contributed by atoms with E-state index >= 15 is 0 Å². The fourth-order valence-corrected chi connectivity index (χ4v) is 3.09. The quantitative estimate of drug-likeness (QED) is 0.697. The minimum absolute atomic E-state index is 0.599. The lowest BCUT2D eigenvalue weighted by atomic mass is 10.1. The molecule has 4 nitrogen and oxygen atoms in total. The van der Waals surface area contributed by atoms with Gasteiger partial charge in [0.05, 0.1) is 11.9 Å². The number of aromatic nitrogens is 2. The van der Waals surface area contributed by atoms with Gasteiger partial charge in [-0.25, -0.2) is 9.97 Å². The third-order valence-corrected chi connectivity index (χ3v) is 4.38. The van der Waals surface area contributed by atoms with Gasteiger partial charge in [-0.3, -0.25) is 0 Å². The molecule has 0 bridgehead atoms. The van der Waals surface area contributed by atoms with Gasteiger partial charge in [-0.1, -0.05) is 19.1 Å². The van der Waals surface area contributed by atoms with Crippen LogP contribution in [0.15, 0.2) is 36.0 Å². The number of thiophene rings is 1. The predicted octanol–water partition coefficient (Wildman–Crippen LogP) is 4.05. The number of fused-ring (bicyclic) bond motifs is 1. The van der Waals surface area contributed by atoms with Crippen molar-refractivity contribution in [1.82, 2.24) is 9.97 Å². The first-order valence-electron chi connectivity index (χ1n) is 7.42. The molecule has 0 atom stereocenters. The number of anilines is 1. The molecule has 3 rings (SSSR count). The van der Waals surface area contributed by atoms with Crippen LogP contribution in [0.2, 0.25) is 0 Å². The summed E-state index contributed by atoms with van der Waals surface area (Å²) < 4.78 is 5.85. The van der Waals surface area contributed by atoms with Crippen LogP contribution in [0.1, 0.15) is 18.1 Å². The number of nitrogens with one attached hydrogen (secondary N) is 1. The van der Waals surface area contributed by atoms with E-state index in [1.807, 2.05) is 11.4 Å². The third-order valence-electron chi connectivity index (χ3n) is 3.56. The average molecular weight is 313 g/mol. The van der Waals surface area contributed by atoms with Crippen molar-refractivity contribution >= 4 is 27.4 Å². The Balaban J connectivity index is 1.56. The zero-order valence-corrected chi connectivity index (χ0v) is 13.6. The maximum atomic E-state index is 5.85. The van der Waals surface area contributed by atoms with E-state index in [1.54, 1.807) is 17.7 Å². The van der Waals surface area contributed by atoms with Gasteiger partial charge < -0.3 is 10.1 Å². The zero-order chi connectivity index (χ0) is 15.4. The summed E-state index contributed by atoms with van der Waals surface area (Å²) in [4.78, 5) is 9.54. The molecule has 0 aliphatic carbocycles. The second kappa shape index (κ2) is 6.75. The van der Waals surface area contributed by atoms with Crippen molar-refractivity contribution in [3.63, 3.8) is 0 Å². The van der Waals surface area contributed by atoms with Gasteiger partial charge in [-0.05, 0) is 42.0 Å². The zero-order valence-electron chi connectivity index (χ0n) is 12.8. The smallest absolute Gasteiger partial charge is 0.138 e. The summed E-state index contributed by atoms with van der Waals surface area (Å²) in [5.74, 6) is 1.82. The van der Waals surface area contributed by atoms with Crippen molar-refractivity contribution in [3.8, 4) is 5.75 Å². The van der Waals surface area contributed by atoms with E-state index in [9.17, 15) is 0 Å². The van der Waals surface area contributed by atoms with E-state index in [1.165, 1.54) is 11.1 Å².